The number of hydrogen-bond donors (Lipinski definition) is 20. The molecule has 3 aromatic carbocycles. The fraction of sp³-hybridized carbons (Fsp3) is 0.554. The molecule has 37 nitrogen and oxygen atoms in total. The topological polar surface area (TPSA) is 580 Å². The van der Waals surface area contributed by atoms with Crippen LogP contribution in [0.1, 0.15) is 157 Å². The molecule has 2 aliphatic rings. The maximum atomic E-state index is 14.9. The van der Waals surface area contributed by atoms with Crippen LogP contribution in [0.4, 0.5) is 0 Å². The Bertz CT molecular complexity index is 4430. The number of aliphatic hydroxyl groups excluding tert-OH is 2. The number of phenolic OH excluding ortho intramolecular Hbond substituents is 1. The van der Waals surface area contributed by atoms with E-state index in [4.69, 9.17) is 11.5 Å². The van der Waals surface area contributed by atoms with Gasteiger partial charge in [0.25, 0.3) is 0 Å². The number of nitrogens with zero attached hydrogens (tertiary/aromatic N) is 2. The number of aromatic amines is 2. The van der Waals surface area contributed by atoms with Crippen LogP contribution >= 0.6 is 0 Å². The molecular weight excluding hydrogens is 1560 g/mol. The predicted octanol–water partition coefficient (Wildman–Crippen LogP) is -0.347. The number of carbonyl (C=O) groups excluding carboxylic acids is 13. The standard InChI is InChI=1S/C83H119N17O20/c1-42(2)33-58(72(108)92-61(37-50-40-86-55-21-13-11-19-53(50)55)75(111)95-63(35-44(5)6)81(117)99-31-17-24-65(99)77(113)88-46(8)83(119)120)90-71(107)57(23-15-16-30-84)89-79(115)69(48(10)102)98-76(112)59(34-43(3)4)93-78(114)66-25-18-32-100(66)82(118)64(39-67(104)105)96-73(109)60(36-49-26-28-52(103)29-27-49)91-74(110)62(38-51-41-87-56-22-14-12-20-54(51)56)94-80(116)68(47(9)101)97-70(106)45(7)85/h11-14,19-22,26-29,40-48,57-66,68-69,86-87,101-103H,15-18,23-25,30-39,84-85H2,1-10H3,(H,88,113)(H,89,115)(H,90,107)(H,91,110)(H,92,108)(H,93,114)(H,94,116)(H,95,111)(H,96,109)(H,97,106)(H,98,112)(H,104,105)(H,119,120)/t45-,46-,47+,48+,57-,58-,59-,60-,61-,62-,63-,64-,65-,66-,68-,69-/m0/s1. The van der Waals surface area contributed by atoms with E-state index < -0.39 is 192 Å². The Morgan fingerprint density at radius 3 is 1.28 bits per heavy atom. The number of aliphatic hydroxyl groups is 2. The van der Waals surface area contributed by atoms with Crippen molar-refractivity contribution in [2.45, 2.75) is 256 Å². The van der Waals surface area contributed by atoms with Gasteiger partial charge in [0.05, 0.1) is 24.7 Å². The summed E-state index contributed by atoms with van der Waals surface area (Å²) in [5.74, 6) is -15.6. The predicted molar refractivity (Wildman–Crippen MR) is 440 cm³/mol. The third kappa shape index (κ3) is 27.5. The summed E-state index contributed by atoms with van der Waals surface area (Å²) in [5.41, 5.74) is 14.5. The fourth-order valence-electron chi connectivity index (χ4n) is 14.7. The molecule has 5 aromatic rings. The largest absolute Gasteiger partial charge is 0.508 e. The van der Waals surface area contributed by atoms with Crippen molar-refractivity contribution < 1.29 is 97.5 Å². The number of H-pyrrole nitrogens is 2. The van der Waals surface area contributed by atoms with Gasteiger partial charge in [-0.2, -0.15) is 0 Å². The van der Waals surface area contributed by atoms with E-state index in [1.165, 1.54) is 56.9 Å². The van der Waals surface area contributed by atoms with Gasteiger partial charge in [-0.1, -0.05) is 90.1 Å². The van der Waals surface area contributed by atoms with Crippen molar-refractivity contribution in [1.29, 1.82) is 0 Å². The summed E-state index contributed by atoms with van der Waals surface area (Å²) < 4.78 is 0. The smallest absolute Gasteiger partial charge is 0.325 e. The summed E-state index contributed by atoms with van der Waals surface area (Å²) in [6, 6.07) is -0.692. The van der Waals surface area contributed by atoms with Crippen molar-refractivity contribution in [2.75, 3.05) is 19.6 Å². The number of likely N-dealkylation sites (tertiary alicyclic amines) is 2. The maximum absolute atomic E-state index is 14.9. The first-order valence-corrected chi connectivity index (χ1v) is 40.8. The Morgan fingerprint density at radius 2 is 0.825 bits per heavy atom. The lowest BCUT2D eigenvalue weighted by molar-refractivity contribution is -0.146. The van der Waals surface area contributed by atoms with E-state index in [0.717, 1.165) is 10.3 Å². The zero-order chi connectivity index (χ0) is 88.5. The van der Waals surface area contributed by atoms with Crippen LogP contribution in [0.15, 0.2) is 85.2 Å². The van der Waals surface area contributed by atoms with E-state index in [2.05, 4.69) is 68.5 Å². The summed E-state index contributed by atoms with van der Waals surface area (Å²) in [6.45, 7) is 15.9. The van der Waals surface area contributed by atoms with Crippen molar-refractivity contribution in [2.24, 2.45) is 29.2 Å². The summed E-state index contributed by atoms with van der Waals surface area (Å²) in [4.78, 5) is 221. The monoisotopic (exact) mass is 1670 g/mol. The second-order valence-electron chi connectivity index (χ2n) is 32.4. The molecule has 0 saturated carbocycles. The number of aliphatic carboxylic acids is 2. The van der Waals surface area contributed by atoms with Crippen LogP contribution < -0.4 is 70.0 Å². The Balaban J connectivity index is 1.08. The van der Waals surface area contributed by atoms with Crippen LogP contribution in [0, 0.1) is 17.8 Å². The van der Waals surface area contributed by atoms with Gasteiger partial charge in [0, 0.05) is 66.6 Å². The number of aromatic hydroxyl groups is 1. The highest BCUT2D eigenvalue weighted by molar-refractivity contribution is 6.02. The lowest BCUT2D eigenvalue weighted by Gasteiger charge is -2.31. The maximum Gasteiger partial charge on any atom is 0.325 e. The van der Waals surface area contributed by atoms with Gasteiger partial charge in [-0.05, 0) is 157 Å². The molecule has 22 N–H and O–H groups in total. The fourth-order valence-corrected chi connectivity index (χ4v) is 14.7. The van der Waals surface area contributed by atoms with Crippen LogP contribution in [0.2, 0.25) is 0 Å². The van der Waals surface area contributed by atoms with Crippen LogP contribution in [0.3, 0.4) is 0 Å². The molecule has 656 valence electrons. The quantitative estimate of drug-likeness (QED) is 0.0222. The van der Waals surface area contributed by atoms with Crippen molar-refractivity contribution in [1.82, 2.24) is 78.3 Å². The third-order valence-electron chi connectivity index (χ3n) is 21.0. The van der Waals surface area contributed by atoms with E-state index in [9.17, 15) is 97.5 Å². The normalized spacial score (nSPS) is 17.6. The number of benzene rings is 3. The van der Waals surface area contributed by atoms with Crippen LogP contribution in [0.5, 0.6) is 5.75 Å². The number of aromatic nitrogens is 2. The van der Waals surface area contributed by atoms with E-state index in [1.54, 1.807) is 76.5 Å². The molecule has 2 aromatic heterocycles. The Kier molecular flexibility index (Phi) is 35.8. The average Bonchev–Trinajstić information content (AvgIpc) is 1.61. The van der Waals surface area contributed by atoms with Crippen LogP contribution in [-0.4, -0.2) is 250 Å². The molecule has 4 heterocycles. The molecule has 0 aliphatic carbocycles. The van der Waals surface area contributed by atoms with Gasteiger partial charge in [0.2, 0.25) is 76.8 Å². The summed E-state index contributed by atoms with van der Waals surface area (Å²) in [7, 11) is 0. The number of unbranched alkanes of at least 4 members (excludes halogenated alkanes) is 1. The molecule has 2 saturated heterocycles. The van der Waals surface area contributed by atoms with Crippen molar-refractivity contribution in [3.8, 4) is 5.75 Å². The second-order valence-corrected chi connectivity index (χ2v) is 32.4. The zero-order valence-corrected chi connectivity index (χ0v) is 69.5. The molecule has 37 heteroatoms. The second kappa shape index (κ2) is 45.0. The first-order valence-electron chi connectivity index (χ1n) is 40.8. The summed E-state index contributed by atoms with van der Waals surface area (Å²) in [6.07, 6.45) is -0.452. The SMILES string of the molecule is CC(C)C[C@H](NC(=O)[C@H](CCCCN)NC(=O)[C@@H](NC(=O)[C@H](CC(C)C)NC(=O)[C@@H]1CCCN1C(=O)[C@H](CC(=O)O)NC(=O)[C@H](Cc1ccc(O)cc1)NC(=O)[C@H](Cc1c[nH]c2ccccc12)NC(=O)[C@@H](NC(=O)[C@H](C)N)[C@@H](C)O)[C@@H](C)O)C(=O)N[C@@H](Cc1c[nH]c2ccccc12)C(=O)N[C@@H](CC(C)C)C(=O)N1CCC[C@H]1C(=O)N[C@@H](C)C(=O)O. The van der Waals surface area contributed by atoms with E-state index in [-0.39, 0.29) is 114 Å². The van der Waals surface area contributed by atoms with Crippen LogP contribution in [0.25, 0.3) is 21.8 Å². The van der Waals surface area contributed by atoms with Gasteiger partial charge in [-0.25, -0.2) is 0 Å². The minimum absolute atomic E-state index is 0.0168. The number of hydrogen-bond acceptors (Lipinski definition) is 20. The zero-order valence-electron chi connectivity index (χ0n) is 69.5. The van der Waals surface area contributed by atoms with Crippen molar-refractivity contribution in [3.63, 3.8) is 0 Å². The molecule has 0 spiro atoms. The highest BCUT2D eigenvalue weighted by Crippen LogP contribution is 2.26. The van der Waals surface area contributed by atoms with Crippen molar-refractivity contribution in [3.05, 3.63) is 102 Å². The number of amides is 13. The van der Waals surface area contributed by atoms with Crippen LogP contribution in [-0.2, 0) is 91.2 Å². The van der Waals surface area contributed by atoms with Gasteiger partial charge < -0.3 is 115 Å². The van der Waals surface area contributed by atoms with Gasteiger partial charge in [-0.15, -0.1) is 0 Å². The van der Waals surface area contributed by atoms with Gasteiger partial charge in [0.15, 0.2) is 0 Å². The minimum Gasteiger partial charge on any atom is -0.508 e. The Hall–Kier alpha value is -11.6. The van der Waals surface area contributed by atoms with Crippen molar-refractivity contribution >= 4 is 111 Å². The third-order valence-corrected chi connectivity index (χ3v) is 21.0. The van der Waals surface area contributed by atoms with Gasteiger partial charge in [0.1, 0.15) is 84.3 Å². The lowest BCUT2D eigenvalue weighted by Crippen LogP contribution is -2.62. The Morgan fingerprint density at radius 1 is 0.442 bits per heavy atom. The molecule has 0 unspecified atom stereocenters. The molecular formula is C83H119N17O20. The molecule has 16 atom stereocenters. The first kappa shape index (κ1) is 95.6. The number of para-hydroxylation sites is 2. The molecule has 0 bridgehead atoms. The summed E-state index contributed by atoms with van der Waals surface area (Å²) in [5, 5.41) is 82.1. The number of fused-ring (bicyclic) bond motifs is 2. The number of nitrogens with two attached hydrogens (primary N) is 2. The molecule has 0 radical (unpaired) electrons. The highest BCUT2D eigenvalue weighted by atomic mass is 16.4. The molecule has 2 aliphatic heterocycles. The number of carboxylic acid groups (broad SMARTS) is 2. The van der Waals surface area contributed by atoms with E-state index in [0.29, 0.717) is 46.0 Å². The van der Waals surface area contributed by atoms with E-state index >= 15 is 0 Å². The minimum atomic E-state index is -1.93. The lowest BCUT2D eigenvalue weighted by atomic mass is 9.98. The van der Waals surface area contributed by atoms with E-state index in [1.807, 2.05) is 26.0 Å². The number of nitrogens with one attached hydrogen (secondary N) is 13. The number of rotatable bonds is 45. The first-order chi connectivity index (χ1) is 56.7. The molecule has 2 fully saturated rings. The van der Waals surface area contributed by atoms with Gasteiger partial charge in [-0.3, -0.25) is 71.9 Å². The highest BCUT2D eigenvalue weighted by Gasteiger charge is 2.44. The number of carboxylic acids is 2. The molecule has 120 heavy (non-hydrogen) atoms. The molecule has 7 rings (SSSR count). The number of phenols is 1. The average molecular weight is 1670 g/mol. The van der Waals surface area contributed by atoms with Gasteiger partial charge >= 0.3 is 11.9 Å². The molecule has 13 amide bonds. The Labute approximate surface area is 695 Å². The summed E-state index contributed by atoms with van der Waals surface area (Å²) >= 11 is 0. The number of carbonyl (C=O) groups is 15.